The molecule has 0 bridgehead atoms. The molecule has 3 rings (SSSR count). The van der Waals surface area contributed by atoms with Crippen LogP contribution in [0.5, 0.6) is 0 Å². The molecule has 10 nitrogen and oxygen atoms in total. The lowest BCUT2D eigenvalue weighted by Crippen LogP contribution is -2.54. The van der Waals surface area contributed by atoms with Crippen LogP contribution in [0.25, 0.3) is 0 Å². The maximum Gasteiger partial charge on any atom is 0.290 e. The third-order valence-corrected chi connectivity index (χ3v) is 3.35. The summed E-state index contributed by atoms with van der Waals surface area (Å²) in [5, 5.41) is 15.9. The van der Waals surface area contributed by atoms with E-state index in [1.54, 1.807) is 24.3 Å². The minimum absolute atomic E-state index is 0.129. The van der Waals surface area contributed by atoms with Crippen LogP contribution in [-0.4, -0.2) is 57.7 Å². The maximum absolute atomic E-state index is 12.2. The fourth-order valence-electron chi connectivity index (χ4n) is 2.42. The second-order valence-electron chi connectivity index (χ2n) is 4.70. The molecule has 2 aliphatic rings. The van der Waals surface area contributed by atoms with Crippen LogP contribution in [0.1, 0.15) is 33.6 Å². The number of carboxylic acid groups (broad SMARTS) is 2. The lowest BCUT2D eigenvalue weighted by Gasteiger charge is -2.27. The zero-order valence-electron chi connectivity index (χ0n) is 12.7. The van der Waals surface area contributed by atoms with Crippen LogP contribution in [0.15, 0.2) is 24.3 Å². The van der Waals surface area contributed by atoms with Crippen LogP contribution >= 0.6 is 0 Å². The van der Waals surface area contributed by atoms with Gasteiger partial charge in [0, 0.05) is 6.42 Å². The molecule has 0 saturated carbocycles. The smallest absolute Gasteiger partial charge is 0.290 e. The number of imide groups is 2. The molecular weight excluding hydrogens is 336 g/mol. The van der Waals surface area contributed by atoms with Crippen molar-refractivity contribution in [3.8, 4) is 0 Å². The Morgan fingerprint density at radius 1 is 0.960 bits per heavy atom. The molecule has 0 aliphatic carbocycles. The van der Waals surface area contributed by atoms with E-state index in [1.807, 2.05) is 0 Å². The second-order valence-corrected chi connectivity index (χ2v) is 4.70. The minimum atomic E-state index is -0.898. The molecule has 2 aliphatic heterocycles. The molecule has 2 heterocycles. The lowest BCUT2D eigenvalue weighted by molar-refractivity contribution is -0.136. The van der Waals surface area contributed by atoms with Crippen LogP contribution in [-0.2, 0) is 19.2 Å². The van der Waals surface area contributed by atoms with Gasteiger partial charge in [-0.25, -0.2) is 0 Å². The van der Waals surface area contributed by atoms with Gasteiger partial charge in [-0.15, -0.1) is 0 Å². The first kappa shape index (κ1) is 19.5. The molecule has 25 heavy (non-hydrogen) atoms. The van der Waals surface area contributed by atoms with E-state index in [-0.39, 0.29) is 31.7 Å². The van der Waals surface area contributed by atoms with Crippen molar-refractivity contribution >= 4 is 36.6 Å². The topological polar surface area (TPSA) is 158 Å². The number of nitrogens with one attached hydrogen (secondary N) is 1. The van der Waals surface area contributed by atoms with Gasteiger partial charge in [0.2, 0.25) is 11.8 Å². The standard InChI is InChI=1S/C13H10N2O4.2CH2O2/c16-10-6-5-9(11(17)14-10)15-12(18)7-3-1-2-4-8(7)13(15)19;2*2-1-3/h1-4,9H,5-6H2,(H,14,16,17);2*1H,(H,2,3). The molecule has 10 heteroatoms. The van der Waals surface area contributed by atoms with E-state index in [2.05, 4.69) is 5.32 Å². The van der Waals surface area contributed by atoms with Crippen LogP contribution in [0, 0.1) is 0 Å². The van der Waals surface area contributed by atoms with Crippen LogP contribution in [0.4, 0.5) is 0 Å². The fourth-order valence-corrected chi connectivity index (χ4v) is 2.42. The molecule has 4 amide bonds. The highest BCUT2D eigenvalue weighted by molar-refractivity contribution is 6.23. The number of piperidine rings is 1. The number of rotatable bonds is 1. The third kappa shape index (κ3) is 4.25. The Bertz CT molecular complexity index is 674. The highest BCUT2D eigenvalue weighted by Gasteiger charge is 2.44. The summed E-state index contributed by atoms with van der Waals surface area (Å²) in [6.45, 7) is -0.500. The van der Waals surface area contributed by atoms with Gasteiger partial charge in [0.05, 0.1) is 11.1 Å². The molecule has 1 saturated heterocycles. The summed E-state index contributed by atoms with van der Waals surface area (Å²) < 4.78 is 0. The van der Waals surface area contributed by atoms with Gasteiger partial charge in [-0.2, -0.15) is 0 Å². The Balaban J connectivity index is 0.000000460. The van der Waals surface area contributed by atoms with Gasteiger partial charge < -0.3 is 10.2 Å². The Morgan fingerprint density at radius 2 is 1.40 bits per heavy atom. The Labute approximate surface area is 141 Å². The summed E-state index contributed by atoms with van der Waals surface area (Å²) in [4.78, 5) is 64.9. The quantitative estimate of drug-likeness (QED) is 0.451. The first-order valence-electron chi connectivity index (χ1n) is 6.89. The Hall–Kier alpha value is -3.56. The first-order chi connectivity index (χ1) is 11.9. The van der Waals surface area contributed by atoms with Gasteiger partial charge in [-0.3, -0.25) is 39.0 Å². The molecule has 0 radical (unpaired) electrons. The van der Waals surface area contributed by atoms with Gasteiger partial charge in [0.25, 0.3) is 24.8 Å². The monoisotopic (exact) mass is 350 g/mol. The molecule has 0 aromatic heterocycles. The number of hydrogen-bond donors (Lipinski definition) is 3. The molecule has 3 N–H and O–H groups in total. The summed E-state index contributed by atoms with van der Waals surface area (Å²) in [5.41, 5.74) is 0.606. The van der Waals surface area contributed by atoms with E-state index in [0.29, 0.717) is 11.1 Å². The Kier molecular flexibility index (Phi) is 6.95. The number of nitrogens with zero attached hydrogens (tertiary/aromatic N) is 1. The van der Waals surface area contributed by atoms with Gasteiger partial charge in [-0.1, -0.05) is 12.1 Å². The predicted octanol–water partition coefficient (Wildman–Crippen LogP) is -0.511. The van der Waals surface area contributed by atoms with E-state index >= 15 is 0 Å². The normalized spacial score (nSPS) is 18.1. The fraction of sp³-hybridized carbons (Fsp3) is 0.200. The molecule has 132 valence electrons. The molecule has 1 aromatic carbocycles. The lowest BCUT2D eigenvalue weighted by atomic mass is 10.0. The number of carbonyl (C=O) groups is 6. The predicted molar refractivity (Wildman–Crippen MR) is 80.5 cm³/mol. The molecule has 1 fully saturated rings. The summed E-state index contributed by atoms with van der Waals surface area (Å²) >= 11 is 0. The number of amides is 4. The van der Waals surface area contributed by atoms with Crippen molar-refractivity contribution in [3.63, 3.8) is 0 Å². The van der Waals surface area contributed by atoms with Crippen molar-refractivity contribution in [2.75, 3.05) is 0 Å². The van der Waals surface area contributed by atoms with Gasteiger partial charge >= 0.3 is 0 Å². The second kappa shape index (κ2) is 8.91. The van der Waals surface area contributed by atoms with Crippen LogP contribution in [0.3, 0.4) is 0 Å². The summed E-state index contributed by atoms with van der Waals surface area (Å²) in [5.74, 6) is -1.92. The highest BCUT2D eigenvalue weighted by atomic mass is 16.3. The molecule has 0 spiro atoms. The van der Waals surface area contributed by atoms with Crippen molar-refractivity contribution < 1.29 is 39.0 Å². The molecule has 1 unspecified atom stereocenters. The zero-order chi connectivity index (χ0) is 19.0. The highest BCUT2D eigenvalue weighted by Crippen LogP contribution is 2.26. The van der Waals surface area contributed by atoms with Crippen LogP contribution < -0.4 is 5.32 Å². The summed E-state index contributed by atoms with van der Waals surface area (Å²) in [7, 11) is 0. The van der Waals surface area contributed by atoms with E-state index in [4.69, 9.17) is 19.8 Å². The van der Waals surface area contributed by atoms with Gasteiger partial charge in [-0.05, 0) is 18.6 Å². The first-order valence-corrected chi connectivity index (χ1v) is 6.89. The van der Waals surface area contributed by atoms with E-state index in [1.165, 1.54) is 0 Å². The van der Waals surface area contributed by atoms with Crippen LogP contribution in [0.2, 0.25) is 0 Å². The Morgan fingerprint density at radius 3 is 1.80 bits per heavy atom. The molecule has 1 atom stereocenters. The van der Waals surface area contributed by atoms with Crippen molar-refractivity contribution in [3.05, 3.63) is 35.4 Å². The SMILES string of the molecule is O=C1CCC(N2C(=O)c3ccccc3C2=O)C(=O)N1.O=CO.O=CO. The third-order valence-electron chi connectivity index (χ3n) is 3.35. The average molecular weight is 350 g/mol. The number of hydrogen-bond acceptors (Lipinski definition) is 6. The number of fused-ring (bicyclic) bond motifs is 1. The number of benzene rings is 1. The summed E-state index contributed by atoms with van der Waals surface area (Å²) in [6.07, 6.45) is 0.306. The van der Waals surface area contributed by atoms with E-state index < -0.39 is 23.8 Å². The largest absolute Gasteiger partial charge is 0.483 e. The van der Waals surface area contributed by atoms with Crippen molar-refractivity contribution in [1.82, 2.24) is 10.2 Å². The average Bonchev–Trinajstić information content (AvgIpc) is 2.82. The van der Waals surface area contributed by atoms with Crippen molar-refractivity contribution in [1.29, 1.82) is 0 Å². The summed E-state index contributed by atoms with van der Waals surface area (Å²) in [6, 6.07) is 5.55. The van der Waals surface area contributed by atoms with E-state index in [9.17, 15) is 19.2 Å². The van der Waals surface area contributed by atoms with Gasteiger partial charge in [0.1, 0.15) is 6.04 Å². The van der Waals surface area contributed by atoms with Crippen molar-refractivity contribution in [2.24, 2.45) is 0 Å². The maximum atomic E-state index is 12.2. The van der Waals surface area contributed by atoms with Gasteiger partial charge in [0.15, 0.2) is 0 Å². The molecular formula is C15H14N2O8. The zero-order valence-corrected chi connectivity index (χ0v) is 12.7. The minimum Gasteiger partial charge on any atom is -0.483 e. The molecule has 1 aromatic rings. The number of carbonyl (C=O) groups excluding carboxylic acids is 4. The van der Waals surface area contributed by atoms with Crippen molar-refractivity contribution in [2.45, 2.75) is 18.9 Å². The van der Waals surface area contributed by atoms with E-state index in [0.717, 1.165) is 4.90 Å².